The van der Waals surface area contributed by atoms with Crippen LogP contribution >= 0.6 is 9.90 Å². The fourth-order valence-corrected chi connectivity index (χ4v) is 0. The molecule has 0 rings (SSSR count). The van der Waals surface area contributed by atoms with Gasteiger partial charge in [-0.1, -0.05) is 0 Å². The van der Waals surface area contributed by atoms with Gasteiger partial charge in [0.2, 0.25) is 0 Å². The van der Waals surface area contributed by atoms with E-state index >= 15 is 0 Å². The number of nitrogens with zero attached hydrogens (tertiary/aromatic N) is 1. The zero-order valence-corrected chi connectivity index (χ0v) is 3.42. The van der Waals surface area contributed by atoms with Crippen molar-refractivity contribution >= 4 is 28.8 Å². The van der Waals surface area contributed by atoms with E-state index in [9.17, 15) is 0 Å². The van der Waals surface area contributed by atoms with Crippen LogP contribution in [0.15, 0.2) is 5.34 Å². The molecule has 1 unspecified atom stereocenters. The molecule has 0 spiro atoms. The van der Waals surface area contributed by atoms with Crippen LogP contribution in [0.1, 0.15) is 0 Å². The van der Waals surface area contributed by atoms with Crippen LogP contribution in [-0.2, 0) is 0 Å². The average Bonchev–Trinajstić information content (AvgIpc) is 0.918. The fourth-order valence-electron chi connectivity index (χ4n) is 0. The van der Waals surface area contributed by atoms with Crippen molar-refractivity contribution in [2.45, 2.75) is 0 Å². The molecule has 0 heterocycles. The third kappa shape index (κ3) is 143. The Morgan fingerprint density at radius 1 is 1.60 bits per heavy atom. The Bertz CT molecular complexity index is 17.1. The standard InChI is InChI=1S/Li.HNO2.H3P.H/c;2-1-3;;/h;(H,2,3);1H3;. The molecule has 0 saturated heterocycles. The first-order chi connectivity index (χ1) is 1.41. The molecule has 0 radical (unpaired) electrons. The summed E-state index contributed by atoms with van der Waals surface area (Å²) in [6, 6.07) is 0. The molecule has 1 atom stereocenters. The van der Waals surface area contributed by atoms with E-state index < -0.39 is 0 Å². The van der Waals surface area contributed by atoms with Gasteiger partial charge >= 0.3 is 18.9 Å². The predicted octanol–water partition coefficient (Wildman–Crippen LogP) is -0.448. The van der Waals surface area contributed by atoms with Crippen LogP contribution in [-0.4, -0.2) is 24.1 Å². The molecule has 5 heteroatoms. The first-order valence-electron chi connectivity index (χ1n) is 0.383. The second kappa shape index (κ2) is 25.5. The molecular formula is H5LiNO2P. The molecule has 0 aromatic carbocycles. The fraction of sp³-hybridized carbons (Fsp3) is 0. The molecule has 0 aliphatic heterocycles. The first-order valence-corrected chi connectivity index (χ1v) is 0.383. The van der Waals surface area contributed by atoms with Gasteiger partial charge in [-0.3, -0.25) is 0 Å². The normalized spacial score (nSPS) is 2.40. The predicted molar refractivity (Wildman–Crippen MR) is 25.8 cm³/mol. The van der Waals surface area contributed by atoms with Crippen LogP contribution in [0.25, 0.3) is 0 Å². The Morgan fingerprint density at radius 2 is 1.60 bits per heavy atom. The van der Waals surface area contributed by atoms with E-state index in [1.807, 2.05) is 0 Å². The van der Waals surface area contributed by atoms with Crippen LogP contribution in [0.3, 0.4) is 0 Å². The zero-order valence-electron chi connectivity index (χ0n) is 2.01. The van der Waals surface area contributed by atoms with Crippen molar-refractivity contribution in [3.05, 3.63) is 4.91 Å². The Kier molecular flexibility index (Phi) is 92.2. The zero-order chi connectivity index (χ0) is 2.71. The third-order valence-electron chi connectivity index (χ3n) is 0. The molecule has 0 aliphatic carbocycles. The molecule has 0 aromatic heterocycles. The van der Waals surface area contributed by atoms with E-state index in [0.717, 1.165) is 0 Å². The van der Waals surface area contributed by atoms with Gasteiger partial charge in [0.25, 0.3) is 0 Å². The van der Waals surface area contributed by atoms with Crippen molar-refractivity contribution in [3.8, 4) is 0 Å². The summed E-state index contributed by atoms with van der Waals surface area (Å²) in [5.41, 5.74) is 0. The summed E-state index contributed by atoms with van der Waals surface area (Å²) < 4.78 is 0. The third-order valence-corrected chi connectivity index (χ3v) is 0. The Hall–Kier alpha value is 0.427. The van der Waals surface area contributed by atoms with Crippen LogP contribution < -0.4 is 0 Å². The SMILES string of the molecule is O=NO.P.[LiH]. The molecule has 1 N–H and O–H groups in total. The molecule has 0 bridgehead atoms. The van der Waals surface area contributed by atoms with Gasteiger partial charge in [-0.2, -0.15) is 9.90 Å². The van der Waals surface area contributed by atoms with Crippen molar-refractivity contribution < 1.29 is 5.21 Å². The van der Waals surface area contributed by atoms with Gasteiger partial charge in [0, 0.05) is 0 Å². The summed E-state index contributed by atoms with van der Waals surface area (Å²) in [5, 5.41) is 7.89. The molecule has 3 nitrogen and oxygen atoms in total. The maximum absolute atomic E-state index is 8.11. The van der Waals surface area contributed by atoms with E-state index in [1.165, 1.54) is 5.34 Å². The van der Waals surface area contributed by atoms with Gasteiger partial charge in [-0.25, -0.2) is 0 Å². The summed E-state index contributed by atoms with van der Waals surface area (Å²) in [6.45, 7) is 0. The molecule has 0 saturated carbocycles. The number of hydrogen-bond donors (Lipinski definition) is 1. The molecule has 0 aliphatic rings. The Labute approximate surface area is 44.9 Å². The maximum atomic E-state index is 8.11. The van der Waals surface area contributed by atoms with Gasteiger partial charge in [-0.15, -0.1) is 4.91 Å². The molecule has 0 aromatic rings. The van der Waals surface area contributed by atoms with Crippen LogP contribution in [0.4, 0.5) is 0 Å². The molecular weight excluding hydrogens is 83.9 g/mol. The molecule has 28 valence electrons. The van der Waals surface area contributed by atoms with Gasteiger partial charge in [0.05, 0.1) is 0 Å². The van der Waals surface area contributed by atoms with Crippen molar-refractivity contribution in [2.75, 3.05) is 0 Å². The van der Waals surface area contributed by atoms with E-state index in [4.69, 9.17) is 10.1 Å². The van der Waals surface area contributed by atoms with E-state index in [1.54, 1.807) is 0 Å². The molecule has 5 heavy (non-hydrogen) atoms. The van der Waals surface area contributed by atoms with Gasteiger partial charge in [-0.05, 0) is 0 Å². The minimum absolute atomic E-state index is 0. The topological polar surface area (TPSA) is 49.7 Å². The van der Waals surface area contributed by atoms with Gasteiger partial charge in [0.1, 0.15) is 0 Å². The monoisotopic (exact) mass is 89.0 g/mol. The molecule has 0 fully saturated rings. The van der Waals surface area contributed by atoms with E-state index in [2.05, 4.69) is 0 Å². The summed E-state index contributed by atoms with van der Waals surface area (Å²) in [5.74, 6) is 0. The molecule has 0 amide bonds. The van der Waals surface area contributed by atoms with Crippen molar-refractivity contribution in [1.82, 2.24) is 0 Å². The average molecular weight is 89.0 g/mol. The minimum atomic E-state index is 0. The summed E-state index contributed by atoms with van der Waals surface area (Å²) in [4.78, 5) is 8.11. The Morgan fingerprint density at radius 3 is 1.60 bits per heavy atom. The van der Waals surface area contributed by atoms with Crippen molar-refractivity contribution in [3.63, 3.8) is 0 Å². The van der Waals surface area contributed by atoms with Gasteiger partial charge in [0.15, 0.2) is 5.34 Å². The number of hydrogen-bond acceptors (Lipinski definition) is 2. The second-order valence-electron chi connectivity index (χ2n) is 0.0816. The van der Waals surface area contributed by atoms with E-state index in [-0.39, 0.29) is 28.8 Å². The second-order valence-corrected chi connectivity index (χ2v) is 0.0816. The van der Waals surface area contributed by atoms with Crippen LogP contribution in [0.2, 0.25) is 0 Å². The first kappa shape index (κ1) is 18.1. The van der Waals surface area contributed by atoms with Crippen molar-refractivity contribution in [2.24, 2.45) is 5.34 Å². The van der Waals surface area contributed by atoms with E-state index in [0.29, 0.717) is 0 Å². The quantitative estimate of drug-likeness (QED) is 0.189. The number of rotatable bonds is 0. The van der Waals surface area contributed by atoms with Gasteiger partial charge < -0.3 is 5.21 Å². The van der Waals surface area contributed by atoms with Crippen LogP contribution in [0, 0.1) is 4.91 Å². The van der Waals surface area contributed by atoms with Crippen LogP contribution in [0.5, 0.6) is 0 Å². The summed E-state index contributed by atoms with van der Waals surface area (Å²) in [6.07, 6.45) is 0. The summed E-state index contributed by atoms with van der Waals surface area (Å²) in [7, 11) is 0. The Balaban J connectivity index is -0.0000000200. The summed E-state index contributed by atoms with van der Waals surface area (Å²) >= 11 is 0. The van der Waals surface area contributed by atoms with Crippen molar-refractivity contribution in [1.29, 1.82) is 0 Å².